The number of nitrogens with zero attached hydrogens (tertiary/aromatic N) is 1. The SMILES string of the molecule is O=C1NCCCc2nc(NS(=O)(=O)c3ccc4c(c3)CCCC4)sc21. The van der Waals surface area contributed by atoms with Crippen molar-refractivity contribution in [2.45, 2.75) is 43.4 Å². The fourth-order valence-electron chi connectivity index (χ4n) is 3.33. The van der Waals surface area contributed by atoms with Crippen molar-refractivity contribution < 1.29 is 13.2 Å². The molecule has 2 heterocycles. The van der Waals surface area contributed by atoms with E-state index in [1.165, 1.54) is 5.56 Å². The van der Waals surface area contributed by atoms with E-state index in [1.807, 2.05) is 6.07 Å². The second-order valence-electron chi connectivity index (χ2n) is 6.40. The molecule has 0 spiro atoms. The van der Waals surface area contributed by atoms with Crippen LogP contribution in [0.2, 0.25) is 0 Å². The van der Waals surface area contributed by atoms with Gasteiger partial charge in [0.1, 0.15) is 4.88 Å². The third-order valence-corrected chi connectivity index (χ3v) is 7.11. The Morgan fingerprint density at radius 1 is 1.08 bits per heavy atom. The molecule has 1 aromatic heterocycles. The summed E-state index contributed by atoms with van der Waals surface area (Å²) in [6, 6.07) is 5.33. The van der Waals surface area contributed by atoms with Crippen LogP contribution in [0.4, 0.5) is 5.13 Å². The maximum absolute atomic E-state index is 12.7. The largest absolute Gasteiger partial charge is 0.351 e. The standard InChI is InChI=1S/C17H19N3O3S2/c21-16-15-14(6-3-9-18-16)19-17(24-15)20-25(22,23)13-8-7-11-4-1-2-5-12(11)10-13/h7-8,10H,1-6,9H2,(H,18,21)(H,19,20). The summed E-state index contributed by atoms with van der Waals surface area (Å²) >= 11 is 1.09. The summed E-state index contributed by atoms with van der Waals surface area (Å²) in [6.45, 7) is 0.623. The number of carbonyl (C=O) groups is 1. The van der Waals surface area contributed by atoms with Crippen molar-refractivity contribution in [3.63, 3.8) is 0 Å². The third kappa shape index (κ3) is 3.28. The molecule has 1 aromatic carbocycles. The Hall–Kier alpha value is -1.93. The lowest BCUT2D eigenvalue weighted by molar-refractivity contribution is 0.0960. The zero-order valence-corrected chi connectivity index (χ0v) is 15.3. The van der Waals surface area contributed by atoms with Crippen LogP contribution >= 0.6 is 11.3 Å². The molecule has 0 unspecified atom stereocenters. The summed E-state index contributed by atoms with van der Waals surface area (Å²) in [5.74, 6) is -0.177. The van der Waals surface area contributed by atoms with Gasteiger partial charge in [-0.15, -0.1) is 0 Å². The molecule has 8 heteroatoms. The van der Waals surface area contributed by atoms with E-state index in [4.69, 9.17) is 0 Å². The molecule has 0 fully saturated rings. The number of aromatic nitrogens is 1. The van der Waals surface area contributed by atoms with Crippen molar-refractivity contribution in [1.29, 1.82) is 0 Å². The van der Waals surface area contributed by atoms with Crippen LogP contribution in [-0.2, 0) is 29.3 Å². The second-order valence-corrected chi connectivity index (χ2v) is 9.08. The van der Waals surface area contributed by atoms with E-state index in [0.717, 1.165) is 49.0 Å². The lowest BCUT2D eigenvalue weighted by atomic mass is 9.92. The molecule has 25 heavy (non-hydrogen) atoms. The minimum absolute atomic E-state index is 0.177. The predicted molar refractivity (Wildman–Crippen MR) is 96.7 cm³/mol. The van der Waals surface area contributed by atoms with Gasteiger partial charge in [-0.05, 0) is 61.8 Å². The van der Waals surface area contributed by atoms with Crippen LogP contribution < -0.4 is 10.0 Å². The van der Waals surface area contributed by atoms with E-state index >= 15 is 0 Å². The number of fused-ring (bicyclic) bond motifs is 2. The molecular formula is C17H19N3O3S2. The minimum Gasteiger partial charge on any atom is -0.351 e. The summed E-state index contributed by atoms with van der Waals surface area (Å²) in [5, 5.41) is 3.05. The molecule has 2 aliphatic rings. The van der Waals surface area contributed by atoms with E-state index in [0.29, 0.717) is 23.5 Å². The highest BCUT2D eigenvalue weighted by atomic mass is 32.2. The summed E-state index contributed by atoms with van der Waals surface area (Å²) in [4.78, 5) is 17.1. The molecular weight excluding hydrogens is 358 g/mol. The zero-order chi connectivity index (χ0) is 17.4. The van der Waals surface area contributed by atoms with Crippen LogP contribution in [-0.4, -0.2) is 25.9 Å². The average Bonchev–Trinajstić information content (AvgIpc) is 2.92. The number of carbonyl (C=O) groups excluding carboxylic acids is 1. The molecule has 0 saturated heterocycles. The zero-order valence-electron chi connectivity index (χ0n) is 13.7. The highest BCUT2D eigenvalue weighted by Crippen LogP contribution is 2.29. The first kappa shape index (κ1) is 16.5. The molecule has 2 N–H and O–H groups in total. The summed E-state index contributed by atoms with van der Waals surface area (Å²) in [7, 11) is -3.71. The molecule has 6 nitrogen and oxygen atoms in total. The minimum atomic E-state index is -3.71. The van der Waals surface area contributed by atoms with Gasteiger partial charge in [0, 0.05) is 6.54 Å². The summed E-state index contributed by atoms with van der Waals surface area (Å²) in [6.07, 6.45) is 5.66. The Balaban J connectivity index is 1.62. The first-order valence-corrected chi connectivity index (χ1v) is 10.8. The highest BCUT2D eigenvalue weighted by Gasteiger charge is 2.24. The van der Waals surface area contributed by atoms with Gasteiger partial charge in [0.05, 0.1) is 10.6 Å². The van der Waals surface area contributed by atoms with Crippen molar-refractivity contribution in [3.8, 4) is 0 Å². The second kappa shape index (κ2) is 6.42. The van der Waals surface area contributed by atoms with Gasteiger partial charge >= 0.3 is 0 Å². The number of hydrogen-bond acceptors (Lipinski definition) is 5. The number of rotatable bonds is 3. The van der Waals surface area contributed by atoms with E-state index in [-0.39, 0.29) is 15.9 Å². The Labute approximate surface area is 150 Å². The van der Waals surface area contributed by atoms with Gasteiger partial charge in [0.15, 0.2) is 5.13 Å². The maximum atomic E-state index is 12.7. The normalized spacial score (nSPS) is 17.2. The molecule has 1 aliphatic carbocycles. The molecule has 0 radical (unpaired) electrons. The van der Waals surface area contributed by atoms with Gasteiger partial charge in [-0.3, -0.25) is 9.52 Å². The van der Waals surface area contributed by atoms with Crippen molar-refractivity contribution in [3.05, 3.63) is 39.9 Å². The van der Waals surface area contributed by atoms with Gasteiger partial charge < -0.3 is 5.32 Å². The number of thiazole rings is 1. The lowest BCUT2D eigenvalue weighted by Crippen LogP contribution is -2.21. The number of hydrogen-bond donors (Lipinski definition) is 2. The van der Waals surface area contributed by atoms with Crippen molar-refractivity contribution in [2.75, 3.05) is 11.3 Å². The van der Waals surface area contributed by atoms with E-state index in [1.54, 1.807) is 12.1 Å². The average molecular weight is 377 g/mol. The number of benzene rings is 1. The monoisotopic (exact) mass is 377 g/mol. The Morgan fingerprint density at radius 3 is 2.72 bits per heavy atom. The molecule has 0 bridgehead atoms. The maximum Gasteiger partial charge on any atom is 0.263 e. The number of anilines is 1. The quantitative estimate of drug-likeness (QED) is 0.860. The molecule has 0 saturated carbocycles. The lowest BCUT2D eigenvalue weighted by Gasteiger charge is -2.16. The Bertz CT molecular complexity index is 935. The number of aryl methyl sites for hydroxylation is 3. The fourth-order valence-corrected chi connectivity index (χ4v) is 5.54. The third-order valence-electron chi connectivity index (χ3n) is 4.63. The first-order chi connectivity index (χ1) is 12.0. The van der Waals surface area contributed by atoms with Gasteiger partial charge in [0.25, 0.3) is 15.9 Å². The topological polar surface area (TPSA) is 88.2 Å². The number of nitrogens with one attached hydrogen (secondary N) is 2. The van der Waals surface area contributed by atoms with Crippen molar-refractivity contribution in [1.82, 2.24) is 10.3 Å². The van der Waals surface area contributed by atoms with Gasteiger partial charge in [0.2, 0.25) is 0 Å². The Kier molecular flexibility index (Phi) is 4.24. The van der Waals surface area contributed by atoms with Crippen molar-refractivity contribution >= 4 is 32.4 Å². The summed E-state index contributed by atoms with van der Waals surface area (Å²) < 4.78 is 27.9. The van der Waals surface area contributed by atoms with Crippen LogP contribution in [0.15, 0.2) is 23.1 Å². The molecule has 1 amide bonds. The number of amides is 1. The van der Waals surface area contributed by atoms with E-state index in [2.05, 4.69) is 15.0 Å². The molecule has 2 aromatic rings. The first-order valence-electron chi connectivity index (χ1n) is 8.45. The molecule has 132 valence electrons. The van der Waals surface area contributed by atoms with Gasteiger partial charge in [-0.1, -0.05) is 17.4 Å². The molecule has 4 rings (SSSR count). The Morgan fingerprint density at radius 2 is 1.88 bits per heavy atom. The van der Waals surface area contributed by atoms with Crippen LogP contribution in [0.1, 0.15) is 45.8 Å². The van der Waals surface area contributed by atoms with Crippen LogP contribution in [0.3, 0.4) is 0 Å². The van der Waals surface area contributed by atoms with Crippen molar-refractivity contribution in [2.24, 2.45) is 0 Å². The fraction of sp³-hybridized carbons (Fsp3) is 0.412. The van der Waals surface area contributed by atoms with Gasteiger partial charge in [-0.25, -0.2) is 13.4 Å². The van der Waals surface area contributed by atoms with Gasteiger partial charge in [-0.2, -0.15) is 0 Å². The molecule has 0 atom stereocenters. The smallest absolute Gasteiger partial charge is 0.263 e. The predicted octanol–water partition coefficient (Wildman–Crippen LogP) is 2.50. The van der Waals surface area contributed by atoms with E-state index in [9.17, 15) is 13.2 Å². The highest BCUT2D eigenvalue weighted by molar-refractivity contribution is 7.93. The molecule has 1 aliphatic heterocycles. The van der Waals surface area contributed by atoms with Crippen LogP contribution in [0, 0.1) is 0 Å². The van der Waals surface area contributed by atoms with E-state index < -0.39 is 10.0 Å². The van der Waals surface area contributed by atoms with Crippen LogP contribution in [0.25, 0.3) is 0 Å². The summed E-state index contributed by atoms with van der Waals surface area (Å²) in [5.41, 5.74) is 3.02. The number of sulfonamides is 1. The van der Waals surface area contributed by atoms with Crippen LogP contribution in [0.5, 0.6) is 0 Å².